The number of aromatic nitrogens is 1. The minimum Gasteiger partial charge on any atom is -0.369 e. The summed E-state index contributed by atoms with van der Waals surface area (Å²) in [5.41, 5.74) is 0.460. The molecule has 7 nitrogen and oxygen atoms in total. The Kier molecular flexibility index (Phi) is 5.68. The van der Waals surface area contributed by atoms with Gasteiger partial charge in [-0.1, -0.05) is 0 Å². The fourth-order valence-electron chi connectivity index (χ4n) is 1.46. The third-order valence-electron chi connectivity index (χ3n) is 2.45. The Bertz CT molecular complexity index is 493. The number of amides is 1. The van der Waals surface area contributed by atoms with Crippen LogP contribution in [0.4, 0.5) is 11.5 Å². The number of hydrogen-bond donors (Lipinski definition) is 2. The molecule has 0 bridgehead atoms. The van der Waals surface area contributed by atoms with Crippen molar-refractivity contribution in [3.63, 3.8) is 0 Å². The second kappa shape index (κ2) is 7.03. The van der Waals surface area contributed by atoms with E-state index in [9.17, 15) is 14.9 Å². The van der Waals surface area contributed by atoms with Crippen LogP contribution >= 0.6 is 15.9 Å². The van der Waals surface area contributed by atoms with Gasteiger partial charge in [-0.3, -0.25) is 14.9 Å². The summed E-state index contributed by atoms with van der Waals surface area (Å²) in [6.45, 7) is 4.49. The van der Waals surface area contributed by atoms with Crippen LogP contribution in [0.2, 0.25) is 0 Å². The van der Waals surface area contributed by atoms with Gasteiger partial charge in [0, 0.05) is 25.1 Å². The molecule has 2 N–H and O–H groups in total. The van der Waals surface area contributed by atoms with E-state index in [0.717, 1.165) is 0 Å². The molecule has 1 aromatic rings. The zero-order chi connectivity index (χ0) is 14.4. The average molecular weight is 331 g/mol. The van der Waals surface area contributed by atoms with E-state index in [1.54, 1.807) is 6.92 Å². The Morgan fingerprint density at radius 1 is 1.58 bits per heavy atom. The summed E-state index contributed by atoms with van der Waals surface area (Å²) in [5.74, 6) is 0.442. The summed E-state index contributed by atoms with van der Waals surface area (Å²) in [4.78, 5) is 25.5. The molecular weight excluding hydrogens is 316 g/mol. The molecule has 1 aromatic heterocycles. The normalized spacial score (nSPS) is 10.1. The van der Waals surface area contributed by atoms with Crippen LogP contribution in [-0.4, -0.2) is 28.9 Å². The summed E-state index contributed by atoms with van der Waals surface area (Å²) >= 11 is 3.27. The van der Waals surface area contributed by atoms with Crippen LogP contribution in [0.15, 0.2) is 10.7 Å². The molecule has 0 aliphatic heterocycles. The van der Waals surface area contributed by atoms with Crippen LogP contribution in [0.1, 0.15) is 18.9 Å². The van der Waals surface area contributed by atoms with Gasteiger partial charge in [-0.25, -0.2) is 4.98 Å². The largest absolute Gasteiger partial charge is 0.369 e. The van der Waals surface area contributed by atoms with Gasteiger partial charge in [0.15, 0.2) is 0 Å². The van der Waals surface area contributed by atoms with Crippen LogP contribution in [-0.2, 0) is 4.79 Å². The molecular formula is C11H15BrN4O3. The SMILES string of the molecule is CCNC(=O)CCNc1ncc([N+](=O)[O-])c(C)c1Br. The summed E-state index contributed by atoms with van der Waals surface area (Å²) in [5, 5.41) is 16.4. The van der Waals surface area contributed by atoms with Crippen molar-refractivity contribution in [3.05, 3.63) is 26.3 Å². The first kappa shape index (κ1) is 15.4. The first-order valence-corrected chi connectivity index (χ1v) is 6.56. The number of carbonyl (C=O) groups is 1. The van der Waals surface area contributed by atoms with Crippen molar-refractivity contribution in [2.45, 2.75) is 20.3 Å². The Labute approximate surface area is 119 Å². The van der Waals surface area contributed by atoms with Crippen molar-refractivity contribution < 1.29 is 9.72 Å². The van der Waals surface area contributed by atoms with Crippen LogP contribution in [0.5, 0.6) is 0 Å². The van der Waals surface area contributed by atoms with Crippen LogP contribution in [0.3, 0.4) is 0 Å². The molecule has 0 unspecified atom stereocenters. The third kappa shape index (κ3) is 4.16. The van der Waals surface area contributed by atoms with E-state index in [1.807, 2.05) is 6.92 Å². The number of nitrogens with one attached hydrogen (secondary N) is 2. The Morgan fingerprint density at radius 2 is 2.26 bits per heavy atom. The zero-order valence-electron chi connectivity index (χ0n) is 10.7. The quantitative estimate of drug-likeness (QED) is 0.614. The fourth-order valence-corrected chi connectivity index (χ4v) is 1.90. The molecule has 0 aliphatic carbocycles. The van der Waals surface area contributed by atoms with Gasteiger partial charge in [-0.05, 0) is 29.8 Å². The standard InChI is InChI=1S/C11H15BrN4O3/c1-3-13-9(17)4-5-14-11-10(12)7(2)8(6-15-11)16(18)19/h6H,3-5H2,1-2H3,(H,13,17)(H,14,15). The summed E-state index contributed by atoms with van der Waals surface area (Å²) in [7, 11) is 0. The van der Waals surface area contributed by atoms with Gasteiger partial charge in [0.1, 0.15) is 12.0 Å². The maximum atomic E-state index is 11.3. The maximum Gasteiger partial charge on any atom is 0.291 e. The third-order valence-corrected chi connectivity index (χ3v) is 3.42. The molecule has 1 rings (SSSR count). The summed E-state index contributed by atoms with van der Waals surface area (Å²) in [6.07, 6.45) is 1.52. The van der Waals surface area contributed by atoms with E-state index in [-0.39, 0.29) is 11.6 Å². The van der Waals surface area contributed by atoms with Crippen molar-refractivity contribution in [2.75, 3.05) is 18.4 Å². The first-order chi connectivity index (χ1) is 8.97. The van der Waals surface area contributed by atoms with Gasteiger partial charge in [0.05, 0.1) is 9.40 Å². The number of hydrogen-bond acceptors (Lipinski definition) is 5. The molecule has 0 saturated carbocycles. The summed E-state index contributed by atoms with van der Waals surface area (Å²) < 4.78 is 0.539. The van der Waals surface area contributed by atoms with E-state index in [2.05, 4.69) is 31.5 Å². The lowest BCUT2D eigenvalue weighted by atomic mass is 10.2. The highest BCUT2D eigenvalue weighted by atomic mass is 79.9. The van der Waals surface area contributed by atoms with E-state index >= 15 is 0 Å². The molecule has 0 spiro atoms. The number of pyridine rings is 1. The number of nitro groups is 1. The smallest absolute Gasteiger partial charge is 0.291 e. The van der Waals surface area contributed by atoms with Crippen molar-refractivity contribution in [1.29, 1.82) is 0 Å². The van der Waals surface area contributed by atoms with Gasteiger partial charge in [0.2, 0.25) is 5.91 Å². The highest BCUT2D eigenvalue weighted by molar-refractivity contribution is 9.10. The molecule has 0 radical (unpaired) electrons. The first-order valence-electron chi connectivity index (χ1n) is 5.77. The van der Waals surface area contributed by atoms with Crippen molar-refractivity contribution in [1.82, 2.24) is 10.3 Å². The topological polar surface area (TPSA) is 97.2 Å². The lowest BCUT2D eigenvalue weighted by molar-refractivity contribution is -0.385. The van der Waals surface area contributed by atoms with E-state index in [4.69, 9.17) is 0 Å². The molecule has 8 heteroatoms. The highest BCUT2D eigenvalue weighted by Crippen LogP contribution is 2.30. The summed E-state index contributed by atoms with van der Waals surface area (Å²) in [6, 6.07) is 0. The zero-order valence-corrected chi connectivity index (χ0v) is 12.3. The fraction of sp³-hybridized carbons (Fsp3) is 0.455. The Balaban J connectivity index is 2.68. The van der Waals surface area contributed by atoms with E-state index < -0.39 is 4.92 Å². The molecule has 0 saturated heterocycles. The number of rotatable bonds is 6. The van der Waals surface area contributed by atoms with Crippen LogP contribution in [0, 0.1) is 17.0 Å². The van der Waals surface area contributed by atoms with Gasteiger partial charge in [-0.15, -0.1) is 0 Å². The average Bonchev–Trinajstić information content (AvgIpc) is 2.34. The highest BCUT2D eigenvalue weighted by Gasteiger charge is 2.16. The van der Waals surface area contributed by atoms with Gasteiger partial charge >= 0.3 is 0 Å². The molecule has 1 amide bonds. The molecule has 0 fully saturated rings. The van der Waals surface area contributed by atoms with Gasteiger partial charge < -0.3 is 10.6 Å². The molecule has 104 valence electrons. The number of halogens is 1. The molecule has 0 atom stereocenters. The molecule has 0 aromatic carbocycles. The molecule has 0 aliphatic rings. The minimum absolute atomic E-state index is 0.0406. The molecule has 19 heavy (non-hydrogen) atoms. The van der Waals surface area contributed by atoms with Gasteiger partial charge in [-0.2, -0.15) is 0 Å². The van der Waals surface area contributed by atoms with E-state index in [1.165, 1.54) is 6.20 Å². The minimum atomic E-state index is -0.481. The predicted octanol–water partition coefficient (Wildman–Crippen LogP) is 2.00. The number of nitrogens with zero attached hydrogens (tertiary/aromatic N) is 2. The lowest BCUT2D eigenvalue weighted by Crippen LogP contribution is -2.24. The van der Waals surface area contributed by atoms with Crippen molar-refractivity contribution in [3.8, 4) is 0 Å². The number of anilines is 1. The van der Waals surface area contributed by atoms with Crippen LogP contribution < -0.4 is 10.6 Å². The van der Waals surface area contributed by atoms with Crippen molar-refractivity contribution in [2.24, 2.45) is 0 Å². The Morgan fingerprint density at radius 3 is 2.84 bits per heavy atom. The monoisotopic (exact) mass is 330 g/mol. The lowest BCUT2D eigenvalue weighted by Gasteiger charge is -2.09. The number of carbonyl (C=O) groups excluding carboxylic acids is 1. The second-order valence-electron chi connectivity index (χ2n) is 3.82. The second-order valence-corrected chi connectivity index (χ2v) is 4.61. The predicted molar refractivity (Wildman–Crippen MR) is 75.1 cm³/mol. The maximum absolute atomic E-state index is 11.3. The van der Waals surface area contributed by atoms with Crippen LogP contribution in [0.25, 0.3) is 0 Å². The van der Waals surface area contributed by atoms with Crippen molar-refractivity contribution >= 4 is 33.3 Å². The Hall–Kier alpha value is -1.70. The van der Waals surface area contributed by atoms with Gasteiger partial charge in [0.25, 0.3) is 5.69 Å². The molecule has 1 heterocycles. The van der Waals surface area contributed by atoms with E-state index in [0.29, 0.717) is 35.4 Å².